The van der Waals surface area contributed by atoms with Gasteiger partial charge in [-0.1, -0.05) is 0 Å². The van der Waals surface area contributed by atoms with Crippen LogP contribution in [0.1, 0.15) is 13.3 Å². The van der Waals surface area contributed by atoms with Gasteiger partial charge in [0.05, 0.1) is 0 Å². The summed E-state index contributed by atoms with van der Waals surface area (Å²) in [6.07, 6.45) is 0.400. The third-order valence-corrected chi connectivity index (χ3v) is 0.649. The molecule has 0 aliphatic carbocycles. The predicted molar refractivity (Wildman–Crippen MR) is 32.0 cm³/mol. The third kappa shape index (κ3) is 7.84. The van der Waals surface area contributed by atoms with Crippen LogP contribution in [0.4, 0.5) is 0 Å². The largest absolute Gasteiger partial charge is 0.396 e. The van der Waals surface area contributed by atoms with Gasteiger partial charge < -0.3 is 15.3 Å². The van der Waals surface area contributed by atoms with Gasteiger partial charge in [0.25, 0.3) is 0 Å². The van der Waals surface area contributed by atoms with Gasteiger partial charge in [0.15, 0.2) is 0 Å². The fraction of sp³-hybridized carbons (Fsp3) is 0.800. The smallest absolute Gasteiger partial charge is 0.219 e. The highest BCUT2D eigenvalue weighted by Crippen LogP contribution is 1.91. The van der Waals surface area contributed by atoms with E-state index in [4.69, 9.17) is 15.3 Å². The molecule has 0 aromatic heterocycles. The molecule has 0 atom stereocenters. The lowest BCUT2D eigenvalue weighted by molar-refractivity contribution is -0.164. The maximum Gasteiger partial charge on any atom is 0.219 e. The zero-order chi connectivity index (χ0) is 7.33. The van der Waals surface area contributed by atoms with E-state index in [1.54, 1.807) is 0 Å². The topological polar surface area (TPSA) is 72.7 Å². The lowest BCUT2D eigenvalue weighted by atomic mass is 10.4. The highest BCUT2D eigenvalue weighted by Gasteiger charge is 2.11. The van der Waals surface area contributed by atoms with E-state index in [0.29, 0.717) is 6.42 Å². The van der Waals surface area contributed by atoms with E-state index >= 15 is 0 Å². The van der Waals surface area contributed by atoms with E-state index in [1.807, 2.05) is 0 Å². The van der Waals surface area contributed by atoms with E-state index < -0.39 is 5.91 Å². The first-order chi connectivity index (χ1) is 4.06. The molecule has 0 spiro atoms. The van der Waals surface area contributed by atoms with Crippen LogP contribution in [-0.4, -0.2) is 27.8 Å². The fourth-order valence-corrected chi connectivity index (χ4v) is 0.330. The van der Waals surface area contributed by atoms with Crippen molar-refractivity contribution >= 4 is 0 Å². The summed E-state index contributed by atoms with van der Waals surface area (Å²) in [5, 5.41) is 27.6. The number of nitrogens with one attached hydrogen (secondary N) is 1. The molecule has 0 amide bonds. The van der Waals surface area contributed by atoms with Crippen LogP contribution in [0.3, 0.4) is 0 Å². The van der Waals surface area contributed by atoms with Crippen molar-refractivity contribution in [2.24, 2.45) is 0 Å². The molecule has 1 radical (unpaired) electrons. The van der Waals surface area contributed by atoms with Crippen LogP contribution < -0.4 is 5.32 Å². The van der Waals surface area contributed by atoms with E-state index in [-0.39, 0.29) is 6.61 Å². The number of aliphatic hydroxyl groups is 3. The van der Waals surface area contributed by atoms with Crippen LogP contribution in [0.25, 0.3) is 0 Å². The predicted octanol–water partition coefficient (Wildman–Crippen LogP) is -1.22. The van der Waals surface area contributed by atoms with Crippen LogP contribution >= 0.6 is 0 Å². The minimum atomic E-state index is -1.87. The average Bonchev–Trinajstić information content (AvgIpc) is 1.63. The van der Waals surface area contributed by atoms with Crippen molar-refractivity contribution in [3.8, 4) is 0 Å². The Morgan fingerprint density at radius 2 is 2.11 bits per heavy atom. The summed E-state index contributed by atoms with van der Waals surface area (Å²) in [6.45, 7) is 2.59. The van der Waals surface area contributed by atoms with Gasteiger partial charge in [-0.05, 0) is 6.42 Å². The summed E-state index contributed by atoms with van der Waals surface area (Å²) in [5.41, 5.74) is 0. The highest BCUT2D eigenvalue weighted by atomic mass is 16.5. The second kappa shape index (κ2) is 3.79. The quantitative estimate of drug-likeness (QED) is 0.287. The zero-order valence-corrected chi connectivity index (χ0v) is 5.33. The molecule has 0 saturated heterocycles. The molecule has 0 saturated carbocycles. The van der Waals surface area contributed by atoms with Gasteiger partial charge in [-0.3, -0.25) is 5.32 Å². The van der Waals surface area contributed by atoms with Gasteiger partial charge in [-0.25, -0.2) is 0 Å². The van der Waals surface area contributed by atoms with Gasteiger partial charge in [0.2, 0.25) is 5.91 Å². The number of aliphatic hydroxyl groups excluding tert-OH is 1. The third-order valence-electron chi connectivity index (χ3n) is 0.649. The van der Waals surface area contributed by atoms with Crippen LogP contribution in [0.5, 0.6) is 0 Å². The Labute approximate surface area is 54.1 Å². The Balaban J connectivity index is 3.07. The Bertz CT molecular complexity index is 69.1. The molecule has 0 bridgehead atoms. The first kappa shape index (κ1) is 8.84. The standard InChI is InChI=1S/C5H12NO3/c1-5(8,9)6-3-2-4-7/h3,6-9H,2,4H2,1H3. The first-order valence-electron chi connectivity index (χ1n) is 2.71. The minimum absolute atomic E-state index is 0.00306. The summed E-state index contributed by atoms with van der Waals surface area (Å²) in [4.78, 5) is 0. The Morgan fingerprint density at radius 3 is 2.44 bits per heavy atom. The fourth-order valence-electron chi connectivity index (χ4n) is 0.330. The van der Waals surface area contributed by atoms with Gasteiger partial charge in [0.1, 0.15) is 0 Å². The van der Waals surface area contributed by atoms with Gasteiger partial charge in [-0.2, -0.15) is 0 Å². The normalized spacial score (nSPS) is 12.0. The van der Waals surface area contributed by atoms with E-state index in [1.165, 1.54) is 13.5 Å². The summed E-state index contributed by atoms with van der Waals surface area (Å²) in [5.74, 6) is -1.87. The van der Waals surface area contributed by atoms with Crippen LogP contribution in [0.2, 0.25) is 0 Å². The number of hydrogen-bond donors (Lipinski definition) is 4. The summed E-state index contributed by atoms with van der Waals surface area (Å²) in [6, 6.07) is 0. The Morgan fingerprint density at radius 1 is 1.56 bits per heavy atom. The van der Waals surface area contributed by atoms with Gasteiger partial charge in [-0.15, -0.1) is 0 Å². The van der Waals surface area contributed by atoms with Gasteiger partial charge >= 0.3 is 0 Å². The van der Waals surface area contributed by atoms with Crippen molar-refractivity contribution in [3.05, 3.63) is 6.54 Å². The van der Waals surface area contributed by atoms with E-state index in [9.17, 15) is 0 Å². The SMILES string of the molecule is CC(O)(O)N[CH]CCO. The second-order valence-electron chi connectivity index (χ2n) is 1.88. The van der Waals surface area contributed by atoms with Crippen LogP contribution in [-0.2, 0) is 0 Å². The molecule has 4 N–H and O–H groups in total. The molecular formula is C5H12NO3. The molecule has 4 heteroatoms. The van der Waals surface area contributed by atoms with Gasteiger partial charge in [0, 0.05) is 20.1 Å². The van der Waals surface area contributed by atoms with Crippen LogP contribution in [0, 0.1) is 6.54 Å². The van der Waals surface area contributed by atoms with Crippen LogP contribution in [0.15, 0.2) is 0 Å². The monoisotopic (exact) mass is 134 g/mol. The minimum Gasteiger partial charge on any atom is -0.396 e. The summed E-state index contributed by atoms with van der Waals surface area (Å²) >= 11 is 0. The molecule has 0 rings (SSSR count). The van der Waals surface area contributed by atoms with Crippen molar-refractivity contribution in [2.45, 2.75) is 19.3 Å². The molecule has 0 aromatic rings. The molecule has 0 aliphatic rings. The highest BCUT2D eigenvalue weighted by molar-refractivity contribution is 4.64. The molecule has 0 aliphatic heterocycles. The molecule has 0 unspecified atom stereocenters. The maximum atomic E-state index is 8.58. The Hall–Kier alpha value is -0.160. The van der Waals surface area contributed by atoms with Crippen molar-refractivity contribution < 1.29 is 15.3 Å². The molecular weight excluding hydrogens is 122 g/mol. The lowest BCUT2D eigenvalue weighted by Gasteiger charge is -2.16. The Kier molecular flexibility index (Phi) is 3.72. The summed E-state index contributed by atoms with van der Waals surface area (Å²) < 4.78 is 0. The van der Waals surface area contributed by atoms with Crippen molar-refractivity contribution in [3.63, 3.8) is 0 Å². The lowest BCUT2D eigenvalue weighted by Crippen LogP contribution is -2.40. The van der Waals surface area contributed by atoms with Crippen molar-refractivity contribution in [1.29, 1.82) is 0 Å². The van der Waals surface area contributed by atoms with E-state index in [2.05, 4.69) is 5.32 Å². The molecule has 0 fully saturated rings. The van der Waals surface area contributed by atoms with Crippen molar-refractivity contribution in [2.75, 3.05) is 6.61 Å². The average molecular weight is 134 g/mol. The molecule has 0 heterocycles. The van der Waals surface area contributed by atoms with E-state index in [0.717, 1.165) is 0 Å². The zero-order valence-electron chi connectivity index (χ0n) is 5.33. The molecule has 0 aromatic carbocycles. The van der Waals surface area contributed by atoms with Crippen molar-refractivity contribution in [1.82, 2.24) is 5.32 Å². The number of hydrogen-bond acceptors (Lipinski definition) is 4. The number of rotatable bonds is 4. The first-order valence-corrected chi connectivity index (χ1v) is 2.71. The summed E-state index contributed by atoms with van der Waals surface area (Å²) in [7, 11) is 0. The second-order valence-corrected chi connectivity index (χ2v) is 1.88. The molecule has 9 heavy (non-hydrogen) atoms. The molecule has 55 valence electrons. The molecule has 4 nitrogen and oxygen atoms in total. The maximum absolute atomic E-state index is 8.58.